The van der Waals surface area contributed by atoms with E-state index in [4.69, 9.17) is 9.47 Å². The van der Waals surface area contributed by atoms with E-state index in [1.54, 1.807) is 0 Å². The molecule has 112 valence electrons. The molecular weight excluding hydrogens is 266 g/mol. The number of H-pyrrole nitrogens is 1. The molecule has 0 atom stereocenters. The van der Waals surface area contributed by atoms with Crippen LogP contribution in [0.1, 0.15) is 24.1 Å². The number of hydrogen-bond acceptors (Lipinski definition) is 4. The fraction of sp³-hybridized carbons (Fsp3) is 0.438. The fourth-order valence-corrected chi connectivity index (χ4v) is 2.10. The van der Waals surface area contributed by atoms with Crippen molar-refractivity contribution >= 4 is 0 Å². The van der Waals surface area contributed by atoms with Gasteiger partial charge in [-0.1, -0.05) is 18.2 Å². The molecule has 1 aromatic carbocycles. The minimum absolute atomic E-state index is 0.481. The van der Waals surface area contributed by atoms with Crippen molar-refractivity contribution in [1.29, 1.82) is 0 Å². The van der Waals surface area contributed by atoms with E-state index in [-0.39, 0.29) is 0 Å². The molecule has 1 heterocycles. The molecule has 0 amide bonds. The largest absolute Gasteiger partial charge is 0.490 e. The van der Waals surface area contributed by atoms with Crippen LogP contribution in [-0.2, 0) is 6.54 Å². The van der Waals surface area contributed by atoms with Crippen LogP contribution in [0.3, 0.4) is 0 Å². The summed E-state index contributed by atoms with van der Waals surface area (Å²) in [5.74, 6) is 1.53. The third-order valence-electron chi connectivity index (χ3n) is 3.40. The monoisotopic (exact) mass is 287 g/mol. The number of nitrogens with one attached hydrogen (secondary N) is 2. The zero-order valence-corrected chi connectivity index (χ0v) is 12.3. The van der Waals surface area contributed by atoms with Gasteiger partial charge >= 0.3 is 0 Å². The predicted molar refractivity (Wildman–Crippen MR) is 80.6 cm³/mol. The van der Waals surface area contributed by atoms with Crippen LogP contribution >= 0.6 is 0 Å². The number of rotatable bonds is 8. The van der Waals surface area contributed by atoms with Crippen LogP contribution in [-0.4, -0.2) is 29.5 Å². The molecule has 5 heteroatoms. The summed E-state index contributed by atoms with van der Waals surface area (Å²) in [4.78, 5) is 0. The smallest absolute Gasteiger partial charge is 0.232 e. The Hall–Kier alpha value is -2.01. The summed E-state index contributed by atoms with van der Waals surface area (Å²) in [6.07, 6.45) is 2.58. The van der Waals surface area contributed by atoms with E-state index < -0.39 is 0 Å². The van der Waals surface area contributed by atoms with Crippen molar-refractivity contribution in [3.8, 4) is 11.6 Å². The standard InChI is InChI=1S/C16H21N3O2/c1-12-10-16(19-18-12)21-9-8-20-15-5-3-2-4-13(15)11-17-14-6-7-14/h2-5,10,14,17H,6-9,11H2,1H3,(H,18,19). The van der Waals surface area contributed by atoms with Crippen LogP contribution in [0.25, 0.3) is 0 Å². The van der Waals surface area contributed by atoms with Gasteiger partial charge in [0.15, 0.2) is 0 Å². The van der Waals surface area contributed by atoms with Crippen LogP contribution in [0.2, 0.25) is 0 Å². The molecular formula is C16H21N3O2. The molecule has 0 radical (unpaired) electrons. The maximum absolute atomic E-state index is 5.82. The summed E-state index contributed by atoms with van der Waals surface area (Å²) in [6, 6.07) is 10.7. The van der Waals surface area contributed by atoms with Crippen molar-refractivity contribution < 1.29 is 9.47 Å². The van der Waals surface area contributed by atoms with Crippen molar-refractivity contribution in [2.75, 3.05) is 13.2 Å². The van der Waals surface area contributed by atoms with Gasteiger partial charge in [-0.3, -0.25) is 5.10 Å². The Labute approximate surface area is 124 Å². The molecule has 0 bridgehead atoms. The maximum atomic E-state index is 5.82. The van der Waals surface area contributed by atoms with Gasteiger partial charge < -0.3 is 14.8 Å². The second-order valence-corrected chi connectivity index (χ2v) is 5.35. The SMILES string of the molecule is Cc1cc(OCCOc2ccccc2CNC2CC2)n[nH]1. The average Bonchev–Trinajstić information content (AvgIpc) is 3.24. The highest BCUT2D eigenvalue weighted by molar-refractivity contribution is 5.33. The number of nitrogens with zero attached hydrogens (tertiary/aromatic N) is 1. The lowest BCUT2D eigenvalue weighted by molar-refractivity contribution is 0.210. The van der Waals surface area contributed by atoms with E-state index in [0.717, 1.165) is 18.0 Å². The Morgan fingerprint density at radius 3 is 2.81 bits per heavy atom. The first-order valence-electron chi connectivity index (χ1n) is 7.40. The number of benzene rings is 1. The topological polar surface area (TPSA) is 59.2 Å². The highest BCUT2D eigenvalue weighted by Gasteiger charge is 2.20. The Balaban J connectivity index is 1.45. The van der Waals surface area contributed by atoms with Crippen LogP contribution in [0.15, 0.2) is 30.3 Å². The second-order valence-electron chi connectivity index (χ2n) is 5.35. The number of ether oxygens (including phenoxy) is 2. The quantitative estimate of drug-likeness (QED) is 0.732. The lowest BCUT2D eigenvalue weighted by atomic mass is 10.2. The molecule has 2 N–H and O–H groups in total. The highest BCUT2D eigenvalue weighted by atomic mass is 16.5. The zero-order valence-electron chi connectivity index (χ0n) is 12.3. The number of aromatic nitrogens is 2. The molecule has 1 aliphatic rings. The van der Waals surface area contributed by atoms with E-state index in [1.807, 2.05) is 31.2 Å². The van der Waals surface area contributed by atoms with Crippen LogP contribution in [0.5, 0.6) is 11.6 Å². The summed E-state index contributed by atoms with van der Waals surface area (Å²) < 4.78 is 11.3. The van der Waals surface area contributed by atoms with E-state index >= 15 is 0 Å². The number of aromatic amines is 1. The first kappa shape index (κ1) is 13.9. The average molecular weight is 287 g/mol. The summed E-state index contributed by atoms with van der Waals surface area (Å²) >= 11 is 0. The first-order valence-corrected chi connectivity index (χ1v) is 7.40. The predicted octanol–water partition coefficient (Wildman–Crippen LogP) is 2.43. The Kier molecular flexibility index (Phi) is 4.40. The van der Waals surface area contributed by atoms with Crippen molar-refractivity contribution in [3.05, 3.63) is 41.6 Å². The van der Waals surface area contributed by atoms with Crippen molar-refractivity contribution in [2.45, 2.75) is 32.4 Å². The van der Waals surface area contributed by atoms with Crippen molar-refractivity contribution in [2.24, 2.45) is 0 Å². The molecule has 1 fully saturated rings. The first-order chi connectivity index (χ1) is 10.3. The number of para-hydroxylation sites is 1. The molecule has 0 saturated heterocycles. The third kappa shape index (κ3) is 4.23. The third-order valence-corrected chi connectivity index (χ3v) is 3.40. The Morgan fingerprint density at radius 2 is 2.05 bits per heavy atom. The molecule has 1 aromatic heterocycles. The molecule has 5 nitrogen and oxygen atoms in total. The normalized spacial score (nSPS) is 14.1. The van der Waals surface area contributed by atoms with Crippen LogP contribution < -0.4 is 14.8 Å². The van der Waals surface area contributed by atoms with E-state index in [1.165, 1.54) is 18.4 Å². The van der Waals surface area contributed by atoms with Crippen LogP contribution in [0.4, 0.5) is 0 Å². The summed E-state index contributed by atoms with van der Waals surface area (Å²) in [6.45, 7) is 3.79. The van der Waals surface area contributed by atoms with Gasteiger partial charge in [0.25, 0.3) is 0 Å². The fourth-order valence-electron chi connectivity index (χ4n) is 2.10. The maximum Gasteiger partial charge on any atom is 0.232 e. The van der Waals surface area contributed by atoms with Gasteiger partial charge in [-0.15, -0.1) is 5.10 Å². The second kappa shape index (κ2) is 6.63. The summed E-state index contributed by atoms with van der Waals surface area (Å²) in [5, 5.41) is 10.4. The molecule has 1 saturated carbocycles. The molecule has 0 spiro atoms. The molecule has 3 rings (SSSR count). The molecule has 0 aliphatic heterocycles. The van der Waals surface area contributed by atoms with E-state index in [0.29, 0.717) is 25.1 Å². The van der Waals surface area contributed by atoms with Gasteiger partial charge in [0.1, 0.15) is 19.0 Å². The van der Waals surface area contributed by atoms with Crippen molar-refractivity contribution in [3.63, 3.8) is 0 Å². The summed E-state index contributed by atoms with van der Waals surface area (Å²) in [5.41, 5.74) is 2.18. The molecule has 0 unspecified atom stereocenters. The van der Waals surface area contributed by atoms with E-state index in [9.17, 15) is 0 Å². The number of hydrogen-bond donors (Lipinski definition) is 2. The number of aryl methyl sites for hydroxylation is 1. The summed E-state index contributed by atoms with van der Waals surface area (Å²) in [7, 11) is 0. The molecule has 21 heavy (non-hydrogen) atoms. The Morgan fingerprint density at radius 1 is 1.24 bits per heavy atom. The van der Waals surface area contributed by atoms with Gasteiger partial charge in [0.2, 0.25) is 5.88 Å². The lowest BCUT2D eigenvalue weighted by Gasteiger charge is -2.12. The zero-order chi connectivity index (χ0) is 14.5. The molecule has 2 aromatic rings. The van der Waals surface area contributed by atoms with Crippen LogP contribution in [0, 0.1) is 6.92 Å². The Bertz CT molecular complexity index is 578. The minimum atomic E-state index is 0.481. The van der Waals surface area contributed by atoms with Gasteiger partial charge in [-0.25, -0.2) is 0 Å². The van der Waals surface area contributed by atoms with Gasteiger partial charge in [0, 0.05) is 29.9 Å². The van der Waals surface area contributed by atoms with Gasteiger partial charge in [-0.2, -0.15) is 0 Å². The molecule has 1 aliphatic carbocycles. The highest BCUT2D eigenvalue weighted by Crippen LogP contribution is 2.22. The minimum Gasteiger partial charge on any atom is -0.490 e. The lowest BCUT2D eigenvalue weighted by Crippen LogP contribution is -2.17. The van der Waals surface area contributed by atoms with E-state index in [2.05, 4.69) is 21.6 Å². The van der Waals surface area contributed by atoms with Gasteiger partial charge in [0.05, 0.1) is 0 Å². The van der Waals surface area contributed by atoms with Gasteiger partial charge in [-0.05, 0) is 25.8 Å². The van der Waals surface area contributed by atoms with Crippen molar-refractivity contribution in [1.82, 2.24) is 15.5 Å².